The van der Waals surface area contributed by atoms with Gasteiger partial charge in [0.15, 0.2) is 5.76 Å². The number of rotatable bonds is 4. The van der Waals surface area contributed by atoms with Crippen molar-refractivity contribution in [1.29, 1.82) is 0 Å². The number of fused-ring (bicyclic) bond motifs is 3. The molecule has 8 heteroatoms. The second-order valence-corrected chi connectivity index (χ2v) is 7.33. The van der Waals surface area contributed by atoms with E-state index < -0.39 is 4.92 Å². The number of benzene rings is 2. The van der Waals surface area contributed by atoms with Crippen LogP contribution < -0.4 is 9.47 Å². The minimum absolute atomic E-state index is 0.0471. The molecule has 0 bridgehead atoms. The first kappa shape index (κ1) is 19.0. The molecular weight excluding hydrogens is 398 g/mol. The van der Waals surface area contributed by atoms with Crippen LogP contribution in [0.5, 0.6) is 11.5 Å². The van der Waals surface area contributed by atoms with E-state index in [-0.39, 0.29) is 17.2 Å². The highest BCUT2D eigenvalue weighted by Gasteiger charge is 2.33. The molecule has 0 saturated carbocycles. The molecule has 0 unspecified atom stereocenters. The molecule has 154 valence electrons. The summed E-state index contributed by atoms with van der Waals surface area (Å²) in [5.41, 5.74) is 2.80. The number of carbonyl (C=O) groups excluding carboxylic acids is 1. The third-order valence-electron chi connectivity index (χ3n) is 5.19. The van der Waals surface area contributed by atoms with E-state index in [1.165, 1.54) is 18.2 Å². The summed E-state index contributed by atoms with van der Waals surface area (Å²) < 4.78 is 11.8. The van der Waals surface area contributed by atoms with Crippen LogP contribution in [0.15, 0.2) is 66.7 Å². The zero-order valence-corrected chi connectivity index (χ0v) is 16.4. The number of nitrogens with zero attached hydrogens (tertiary/aromatic N) is 3. The molecule has 5 rings (SSSR count). The molecular formula is C23H17N3O5. The van der Waals surface area contributed by atoms with E-state index in [4.69, 9.17) is 9.47 Å². The largest absolute Gasteiger partial charge is 0.478 e. The number of hydrogen-bond acceptors (Lipinski definition) is 7. The Bertz CT molecular complexity index is 1220. The Labute approximate surface area is 177 Å². The predicted octanol–water partition coefficient (Wildman–Crippen LogP) is 3.96. The molecule has 0 N–H and O–H groups in total. The molecule has 2 aliphatic rings. The molecule has 0 atom stereocenters. The number of allylic oxidation sites excluding steroid dienone is 1. The number of ether oxygens (including phenoxy) is 2. The Kier molecular flexibility index (Phi) is 4.68. The lowest BCUT2D eigenvalue weighted by molar-refractivity contribution is -0.384. The minimum Gasteiger partial charge on any atom is -0.478 e. The summed E-state index contributed by atoms with van der Waals surface area (Å²) in [6.45, 7) is 1.64. The maximum atomic E-state index is 12.9. The third kappa shape index (κ3) is 3.64. The summed E-state index contributed by atoms with van der Waals surface area (Å²) in [5.74, 6) is 1.04. The average Bonchev–Trinajstić information content (AvgIpc) is 3.10. The second kappa shape index (κ2) is 7.66. The standard InChI is InChI=1S/C23H17N3O5/c27-22-18-6-7-20-19(13-25(14-30-20)12-16-4-2-8-24-11-16)23(18)31-21(22)10-15-3-1-5-17(9-15)26(28)29/h1-11H,12-14H2/b21-10-. The van der Waals surface area contributed by atoms with Gasteiger partial charge in [0.2, 0.25) is 5.78 Å². The zero-order valence-electron chi connectivity index (χ0n) is 16.4. The predicted molar refractivity (Wildman–Crippen MR) is 111 cm³/mol. The molecule has 3 heterocycles. The number of ketones is 1. The van der Waals surface area contributed by atoms with E-state index in [1.54, 1.807) is 30.5 Å². The Hall–Kier alpha value is -4.04. The number of aromatic nitrogens is 1. The van der Waals surface area contributed by atoms with Gasteiger partial charge in [-0.25, -0.2) is 0 Å². The van der Waals surface area contributed by atoms with Crippen molar-refractivity contribution in [2.75, 3.05) is 6.73 Å². The summed E-state index contributed by atoms with van der Waals surface area (Å²) in [5, 5.41) is 11.0. The Morgan fingerprint density at radius 2 is 2.10 bits per heavy atom. The topological polar surface area (TPSA) is 94.8 Å². The molecule has 0 spiro atoms. The molecule has 2 aromatic carbocycles. The molecule has 2 aliphatic heterocycles. The molecule has 0 aliphatic carbocycles. The van der Waals surface area contributed by atoms with Crippen LogP contribution in [0.2, 0.25) is 0 Å². The number of nitro groups is 1. The van der Waals surface area contributed by atoms with Crippen molar-refractivity contribution in [3.63, 3.8) is 0 Å². The van der Waals surface area contributed by atoms with Crippen LogP contribution in [0.1, 0.15) is 27.0 Å². The number of non-ortho nitro benzene ring substituents is 1. The van der Waals surface area contributed by atoms with Gasteiger partial charge in [-0.05, 0) is 35.4 Å². The van der Waals surface area contributed by atoms with E-state index in [0.717, 1.165) is 11.1 Å². The van der Waals surface area contributed by atoms with Crippen LogP contribution >= 0.6 is 0 Å². The van der Waals surface area contributed by atoms with E-state index in [2.05, 4.69) is 9.88 Å². The number of pyridine rings is 1. The van der Waals surface area contributed by atoms with E-state index in [0.29, 0.717) is 42.4 Å². The van der Waals surface area contributed by atoms with Gasteiger partial charge in [0, 0.05) is 37.6 Å². The van der Waals surface area contributed by atoms with Crippen molar-refractivity contribution in [3.05, 3.63) is 99.1 Å². The first-order valence-electron chi connectivity index (χ1n) is 9.67. The Morgan fingerprint density at radius 1 is 1.19 bits per heavy atom. The zero-order chi connectivity index (χ0) is 21.4. The third-order valence-corrected chi connectivity index (χ3v) is 5.19. The number of hydrogen-bond donors (Lipinski definition) is 0. The highest BCUT2D eigenvalue weighted by atomic mass is 16.6. The van der Waals surface area contributed by atoms with E-state index in [9.17, 15) is 14.9 Å². The van der Waals surface area contributed by atoms with Crippen LogP contribution in [0.4, 0.5) is 5.69 Å². The Balaban J connectivity index is 1.43. The highest BCUT2D eigenvalue weighted by molar-refractivity contribution is 6.15. The summed E-state index contributed by atoms with van der Waals surface area (Å²) in [6.07, 6.45) is 5.07. The quantitative estimate of drug-likeness (QED) is 0.362. The summed E-state index contributed by atoms with van der Waals surface area (Å²) in [6, 6.07) is 13.4. The second-order valence-electron chi connectivity index (χ2n) is 7.33. The molecule has 1 aromatic heterocycles. The van der Waals surface area contributed by atoms with Gasteiger partial charge < -0.3 is 9.47 Å². The van der Waals surface area contributed by atoms with Gasteiger partial charge in [0.1, 0.15) is 18.2 Å². The first-order valence-corrected chi connectivity index (χ1v) is 9.67. The van der Waals surface area contributed by atoms with Crippen LogP contribution in [0.25, 0.3) is 6.08 Å². The van der Waals surface area contributed by atoms with Crippen LogP contribution in [0, 0.1) is 10.1 Å². The van der Waals surface area contributed by atoms with Gasteiger partial charge in [0.25, 0.3) is 5.69 Å². The van der Waals surface area contributed by atoms with Gasteiger partial charge >= 0.3 is 0 Å². The number of Topliss-reactive ketones (excluding diaryl/α,β-unsaturated/α-hetero) is 1. The molecule has 8 nitrogen and oxygen atoms in total. The smallest absolute Gasteiger partial charge is 0.270 e. The minimum atomic E-state index is -0.474. The average molecular weight is 415 g/mol. The lowest BCUT2D eigenvalue weighted by Gasteiger charge is -2.29. The number of carbonyl (C=O) groups is 1. The lowest BCUT2D eigenvalue weighted by atomic mass is 10.0. The monoisotopic (exact) mass is 415 g/mol. The Morgan fingerprint density at radius 3 is 2.90 bits per heavy atom. The highest BCUT2D eigenvalue weighted by Crippen LogP contribution is 2.42. The van der Waals surface area contributed by atoms with E-state index in [1.807, 2.05) is 18.3 Å². The molecule has 0 saturated heterocycles. The summed E-state index contributed by atoms with van der Waals surface area (Å²) in [4.78, 5) is 29.7. The molecule has 0 amide bonds. The maximum Gasteiger partial charge on any atom is 0.270 e. The van der Waals surface area contributed by atoms with Crippen molar-refractivity contribution in [2.24, 2.45) is 0 Å². The van der Waals surface area contributed by atoms with Crippen molar-refractivity contribution in [1.82, 2.24) is 9.88 Å². The van der Waals surface area contributed by atoms with Gasteiger partial charge in [-0.3, -0.25) is 24.8 Å². The molecule has 3 aromatic rings. The lowest BCUT2D eigenvalue weighted by Crippen LogP contribution is -2.31. The molecule has 0 radical (unpaired) electrons. The van der Waals surface area contributed by atoms with Crippen molar-refractivity contribution in [3.8, 4) is 11.5 Å². The van der Waals surface area contributed by atoms with Crippen LogP contribution in [-0.4, -0.2) is 27.3 Å². The molecule has 0 fully saturated rings. The van der Waals surface area contributed by atoms with Crippen molar-refractivity contribution >= 4 is 17.5 Å². The fraction of sp³-hybridized carbons (Fsp3) is 0.130. The number of nitro benzene ring substituents is 1. The van der Waals surface area contributed by atoms with Crippen LogP contribution in [-0.2, 0) is 13.1 Å². The van der Waals surface area contributed by atoms with Crippen LogP contribution in [0.3, 0.4) is 0 Å². The first-order chi connectivity index (χ1) is 15.1. The molecule has 31 heavy (non-hydrogen) atoms. The maximum absolute atomic E-state index is 12.9. The summed E-state index contributed by atoms with van der Waals surface area (Å²) in [7, 11) is 0. The van der Waals surface area contributed by atoms with Gasteiger partial charge in [-0.1, -0.05) is 18.2 Å². The summed E-state index contributed by atoms with van der Waals surface area (Å²) >= 11 is 0. The van der Waals surface area contributed by atoms with Gasteiger partial charge in [0.05, 0.1) is 16.1 Å². The fourth-order valence-corrected chi connectivity index (χ4v) is 3.74. The fourth-order valence-electron chi connectivity index (χ4n) is 3.74. The van der Waals surface area contributed by atoms with E-state index >= 15 is 0 Å². The SMILES string of the molecule is O=C1/C(=C/c2cccc([N+](=O)[O-])c2)Oc2c1ccc1c2CN(Cc2cccnc2)CO1. The van der Waals surface area contributed by atoms with Crippen molar-refractivity contribution in [2.45, 2.75) is 13.1 Å². The van der Waals surface area contributed by atoms with Gasteiger partial charge in [-0.2, -0.15) is 0 Å². The van der Waals surface area contributed by atoms with Gasteiger partial charge in [-0.15, -0.1) is 0 Å². The normalized spacial score (nSPS) is 16.4. The van der Waals surface area contributed by atoms with Crippen molar-refractivity contribution < 1.29 is 19.2 Å².